The van der Waals surface area contributed by atoms with Gasteiger partial charge in [-0.15, -0.1) is 0 Å². The molecule has 18 aromatic rings. The van der Waals surface area contributed by atoms with E-state index in [9.17, 15) is 0 Å². The molecule has 97 heavy (non-hydrogen) atoms. The van der Waals surface area contributed by atoms with Crippen molar-refractivity contribution in [2.24, 2.45) is 0 Å². The van der Waals surface area contributed by atoms with Crippen LogP contribution in [0.15, 0.2) is 297 Å². The van der Waals surface area contributed by atoms with Crippen LogP contribution in [0.2, 0.25) is 0 Å². The summed E-state index contributed by atoms with van der Waals surface area (Å²) in [4.78, 5) is 5.20. The zero-order valence-electron chi connectivity index (χ0n) is 53.0. The van der Waals surface area contributed by atoms with E-state index in [1.807, 2.05) is 6.07 Å². The van der Waals surface area contributed by atoms with Crippen molar-refractivity contribution in [3.8, 4) is 77.9 Å². The van der Waals surface area contributed by atoms with Gasteiger partial charge in [-0.25, -0.2) is 0 Å². The molecular formula is C91H58N2O4. The summed E-state index contributed by atoms with van der Waals surface area (Å²) >= 11 is 0. The Morgan fingerprint density at radius 2 is 0.691 bits per heavy atom. The maximum Gasteiger partial charge on any atom is 0.143 e. The average Bonchev–Trinajstić information content (AvgIpc) is 1.62. The molecule has 2 unspecified atom stereocenters. The molecule has 0 bridgehead atoms. The van der Waals surface area contributed by atoms with E-state index < -0.39 is 0 Å². The Hall–Kier alpha value is -12.1. The molecular weight excluding hydrogens is 1190 g/mol. The molecule has 2 atom stereocenters. The van der Waals surface area contributed by atoms with Gasteiger partial charge in [-0.2, -0.15) is 0 Å². The molecule has 4 aromatic heterocycles. The third-order valence-electron chi connectivity index (χ3n) is 22.1. The highest BCUT2D eigenvalue weighted by atomic mass is 16.3. The smallest absolute Gasteiger partial charge is 0.143 e. The molecule has 4 aliphatic heterocycles. The number of hydrogen-bond donors (Lipinski definition) is 0. The Morgan fingerprint density at radius 3 is 1.28 bits per heavy atom. The first-order chi connectivity index (χ1) is 47.9. The van der Waals surface area contributed by atoms with Crippen molar-refractivity contribution in [3.63, 3.8) is 0 Å². The van der Waals surface area contributed by atoms with E-state index in [0.717, 1.165) is 158 Å². The first-order valence-electron chi connectivity index (χ1n) is 33.9. The van der Waals surface area contributed by atoms with Crippen molar-refractivity contribution in [2.45, 2.75) is 44.2 Å². The van der Waals surface area contributed by atoms with Crippen LogP contribution in [0.5, 0.6) is 0 Å². The molecule has 0 fully saturated rings. The van der Waals surface area contributed by atoms with Crippen molar-refractivity contribution < 1.29 is 17.7 Å². The Balaban J connectivity index is 0.591. The molecule has 0 aliphatic carbocycles. The maximum atomic E-state index is 7.25. The second kappa shape index (κ2) is 19.7. The molecule has 8 heterocycles. The van der Waals surface area contributed by atoms with Gasteiger partial charge in [0.05, 0.1) is 5.54 Å². The Morgan fingerprint density at radius 1 is 0.289 bits per heavy atom. The van der Waals surface area contributed by atoms with Crippen molar-refractivity contribution >= 4 is 111 Å². The summed E-state index contributed by atoms with van der Waals surface area (Å²) < 4.78 is 27.1. The van der Waals surface area contributed by atoms with Crippen LogP contribution in [0.25, 0.3) is 166 Å². The van der Waals surface area contributed by atoms with Gasteiger partial charge in [0.1, 0.15) is 44.7 Å². The van der Waals surface area contributed by atoms with Gasteiger partial charge in [-0.3, -0.25) is 0 Å². The van der Waals surface area contributed by atoms with Gasteiger partial charge in [0, 0.05) is 99.7 Å². The lowest BCUT2D eigenvalue weighted by molar-refractivity contribution is 0.507. The predicted octanol–water partition coefficient (Wildman–Crippen LogP) is 24.6. The van der Waals surface area contributed by atoms with Gasteiger partial charge in [-0.05, 0) is 184 Å². The van der Waals surface area contributed by atoms with E-state index in [4.69, 9.17) is 17.7 Å². The molecule has 22 rings (SSSR count). The minimum absolute atomic E-state index is 0.0976. The summed E-state index contributed by atoms with van der Waals surface area (Å²) in [5.74, 6) is 0. The number of fused-ring (bicyclic) bond motifs is 22. The van der Waals surface area contributed by atoms with Crippen LogP contribution < -0.4 is 9.80 Å². The van der Waals surface area contributed by atoms with Crippen LogP contribution in [-0.4, -0.2) is 11.6 Å². The first-order valence-corrected chi connectivity index (χ1v) is 33.9. The number of anilines is 4. The van der Waals surface area contributed by atoms with Crippen molar-refractivity contribution in [3.05, 3.63) is 301 Å². The molecule has 6 nitrogen and oxygen atoms in total. The fraction of sp³-hybridized carbons (Fsp3) is 0.0769. The van der Waals surface area contributed by atoms with Crippen LogP contribution in [-0.2, 0) is 25.7 Å². The van der Waals surface area contributed by atoms with E-state index in [2.05, 4.69) is 290 Å². The van der Waals surface area contributed by atoms with Crippen LogP contribution in [0, 0.1) is 0 Å². The Kier molecular flexibility index (Phi) is 10.8. The third-order valence-corrected chi connectivity index (χ3v) is 22.1. The van der Waals surface area contributed by atoms with E-state index in [1.54, 1.807) is 0 Å². The molecule has 0 amide bonds. The fourth-order valence-electron chi connectivity index (χ4n) is 17.9. The molecule has 0 saturated carbocycles. The quantitative estimate of drug-likeness (QED) is 0.158. The number of benzene rings is 14. The van der Waals surface area contributed by atoms with Crippen LogP contribution in [0.1, 0.15) is 29.2 Å². The molecule has 0 spiro atoms. The monoisotopic (exact) mass is 1240 g/mol. The highest BCUT2D eigenvalue weighted by Crippen LogP contribution is 2.56. The van der Waals surface area contributed by atoms with Crippen molar-refractivity contribution in [1.82, 2.24) is 0 Å². The van der Waals surface area contributed by atoms with E-state index in [1.165, 1.54) is 78.2 Å². The third kappa shape index (κ3) is 7.66. The largest absolute Gasteiger partial charge is 0.456 e. The van der Waals surface area contributed by atoms with Gasteiger partial charge in [0.2, 0.25) is 0 Å². The van der Waals surface area contributed by atoms with Crippen LogP contribution in [0.3, 0.4) is 0 Å². The van der Waals surface area contributed by atoms with E-state index >= 15 is 0 Å². The van der Waals surface area contributed by atoms with E-state index in [-0.39, 0.29) is 5.54 Å². The standard InChI is InChI=1S/C91H58N2O4/c1-91-50-61-45-56(68-24-12-28-71-70-26-10-22-66(87(70)96-89(68)71)52-15-3-2-4-16-52)34-40-78(61)93(91)79-41-35-57(46-62(79)51-91)69-25-13-29-73-72-27-11-23-67(88(72)97-90(69)73)54-18-9-17-53(43-54)65-37-42-83-86(75-20-6-8-31-81(75)95-83)84(65)58-36-39-77-60(47-58)49-63-48-59-44-55(33-38-76(59)92(63)77)64-21-14-32-82-85(64)74-19-5-7-30-80(74)94-82/h2-47,63H,48-51H2,1H3. The molecule has 14 aromatic carbocycles. The summed E-state index contributed by atoms with van der Waals surface area (Å²) in [7, 11) is 0. The number of rotatable bonds is 7. The van der Waals surface area contributed by atoms with Gasteiger partial charge < -0.3 is 27.5 Å². The summed E-state index contributed by atoms with van der Waals surface area (Å²) in [6, 6.07) is 102. The second-order valence-electron chi connectivity index (χ2n) is 27.6. The van der Waals surface area contributed by atoms with Crippen molar-refractivity contribution in [1.29, 1.82) is 0 Å². The van der Waals surface area contributed by atoms with Gasteiger partial charge in [-0.1, -0.05) is 200 Å². The van der Waals surface area contributed by atoms with Crippen molar-refractivity contribution in [2.75, 3.05) is 9.80 Å². The summed E-state index contributed by atoms with van der Waals surface area (Å²) in [6.45, 7) is 2.43. The highest BCUT2D eigenvalue weighted by molar-refractivity contribution is 6.18. The molecule has 6 heteroatoms. The van der Waals surface area contributed by atoms with Crippen LogP contribution in [0.4, 0.5) is 22.7 Å². The topological polar surface area (TPSA) is 59.0 Å². The first kappa shape index (κ1) is 53.3. The minimum Gasteiger partial charge on any atom is -0.456 e. The van der Waals surface area contributed by atoms with Gasteiger partial charge in [0.25, 0.3) is 0 Å². The SMILES string of the molecule is CC12Cc3cc(-c4cccc5c4oc4c(-c6ccccc6)cccc45)ccc3N1c1ccc(-c3cccc4c3oc3c(-c5cccc(-c6ccc7oc8ccccc8c7c6-c6ccc7c(c6)CC6Cc8cc(-c9cccc%10oc%11ccccc%11c9%10)ccc8N76)c5)cccc34)cc1C2. The zero-order valence-corrected chi connectivity index (χ0v) is 53.0. The lowest BCUT2D eigenvalue weighted by atomic mass is 9.88. The fourth-order valence-corrected chi connectivity index (χ4v) is 17.9. The van der Waals surface area contributed by atoms with E-state index in [0.29, 0.717) is 6.04 Å². The number of para-hydroxylation sites is 6. The summed E-state index contributed by atoms with van der Waals surface area (Å²) in [5, 5.41) is 9.08. The minimum atomic E-state index is -0.0976. The number of furan rings is 4. The second-order valence-corrected chi connectivity index (χ2v) is 27.6. The molecule has 0 radical (unpaired) electrons. The predicted molar refractivity (Wildman–Crippen MR) is 398 cm³/mol. The normalized spacial score (nSPS) is 16.0. The maximum absolute atomic E-state index is 7.25. The number of nitrogens with zero attached hydrogens (tertiary/aromatic N) is 2. The molecule has 4 aliphatic rings. The Bertz CT molecular complexity index is 6450. The summed E-state index contributed by atoms with van der Waals surface area (Å²) in [6.07, 6.45) is 3.84. The highest BCUT2D eigenvalue weighted by Gasteiger charge is 2.47. The lowest BCUT2D eigenvalue weighted by Gasteiger charge is -2.30. The molecule has 0 saturated heterocycles. The van der Waals surface area contributed by atoms with Gasteiger partial charge >= 0.3 is 0 Å². The molecule has 456 valence electrons. The average molecular weight is 1240 g/mol. The summed E-state index contributed by atoms with van der Waals surface area (Å²) in [5.41, 5.74) is 33.9. The Labute approximate surface area is 558 Å². The molecule has 0 N–H and O–H groups in total. The lowest BCUT2D eigenvalue weighted by Crippen LogP contribution is -2.37. The zero-order chi connectivity index (χ0) is 63.4. The number of hydrogen-bond acceptors (Lipinski definition) is 6. The van der Waals surface area contributed by atoms with Gasteiger partial charge in [0.15, 0.2) is 0 Å². The van der Waals surface area contributed by atoms with Crippen LogP contribution >= 0.6 is 0 Å².